The van der Waals surface area contributed by atoms with Crippen LogP contribution in [0.25, 0.3) is 11.0 Å². The third-order valence-electron chi connectivity index (χ3n) is 3.73. The Kier molecular flexibility index (Phi) is 6.34. The molecule has 0 aliphatic carbocycles. The van der Waals surface area contributed by atoms with E-state index in [1.54, 1.807) is 19.2 Å². The van der Waals surface area contributed by atoms with E-state index in [9.17, 15) is 4.79 Å². The second-order valence-corrected chi connectivity index (χ2v) is 6.59. The molecule has 0 fully saturated rings. The fourth-order valence-electron chi connectivity index (χ4n) is 2.55. The number of nitrogens with one attached hydrogen (secondary N) is 3. The van der Waals surface area contributed by atoms with E-state index in [4.69, 9.17) is 27.9 Å². The van der Waals surface area contributed by atoms with Crippen molar-refractivity contribution >= 4 is 40.1 Å². The Morgan fingerprint density at radius 3 is 2.85 bits per heavy atom. The van der Waals surface area contributed by atoms with Crippen molar-refractivity contribution in [1.29, 1.82) is 0 Å². The van der Waals surface area contributed by atoms with E-state index < -0.39 is 0 Å². The van der Waals surface area contributed by atoms with Crippen molar-refractivity contribution in [3.63, 3.8) is 0 Å². The molecule has 0 radical (unpaired) electrons. The number of imidazole rings is 1. The molecule has 3 N–H and O–H groups in total. The maximum Gasteiger partial charge on any atom is 0.247 e. The van der Waals surface area contributed by atoms with Gasteiger partial charge in [-0.05, 0) is 31.3 Å². The highest BCUT2D eigenvalue weighted by Gasteiger charge is 2.10. The van der Waals surface area contributed by atoms with Gasteiger partial charge in [0.25, 0.3) is 0 Å². The van der Waals surface area contributed by atoms with Gasteiger partial charge in [-0.2, -0.15) is 0 Å². The van der Waals surface area contributed by atoms with E-state index in [1.165, 1.54) is 12.3 Å². The smallest absolute Gasteiger partial charge is 0.247 e. The van der Waals surface area contributed by atoms with Crippen LogP contribution in [0.4, 0.5) is 0 Å². The zero-order valence-electron chi connectivity index (χ0n) is 14.6. The van der Waals surface area contributed by atoms with Crippen molar-refractivity contribution in [1.82, 2.24) is 20.6 Å². The molecule has 0 aliphatic rings. The van der Waals surface area contributed by atoms with Crippen LogP contribution in [0.1, 0.15) is 11.4 Å². The predicted molar refractivity (Wildman–Crippen MR) is 107 cm³/mol. The molecule has 3 rings (SSSR count). The molecule has 1 amide bonds. The second kappa shape index (κ2) is 8.90. The van der Waals surface area contributed by atoms with Crippen LogP contribution in [0.15, 0.2) is 48.7 Å². The third-order valence-corrected chi connectivity index (χ3v) is 4.23. The first-order chi connectivity index (χ1) is 13.1. The van der Waals surface area contributed by atoms with Gasteiger partial charge in [0.05, 0.1) is 28.9 Å². The number of aromatic nitrogens is 2. The summed E-state index contributed by atoms with van der Waals surface area (Å²) in [6.07, 6.45) is 2.58. The summed E-state index contributed by atoms with van der Waals surface area (Å²) in [5.41, 5.74) is 2.58. The van der Waals surface area contributed by atoms with Gasteiger partial charge in [-0.1, -0.05) is 35.3 Å². The molecule has 27 heavy (non-hydrogen) atoms. The number of halogens is 2. The zero-order chi connectivity index (χ0) is 19.2. The SMILES string of the molecule is CNCc1cc(Cl)cc(Cl)c1O/C=C/C(=O)NCc1nc2ccccc2[nH]1. The van der Waals surface area contributed by atoms with Gasteiger partial charge < -0.3 is 20.4 Å². The fourth-order valence-corrected chi connectivity index (χ4v) is 3.13. The summed E-state index contributed by atoms with van der Waals surface area (Å²) in [6, 6.07) is 11.0. The first-order valence-electron chi connectivity index (χ1n) is 8.24. The number of ether oxygens (including phenoxy) is 1. The number of amides is 1. The first kappa shape index (κ1) is 19.2. The summed E-state index contributed by atoms with van der Waals surface area (Å²) in [7, 11) is 1.81. The van der Waals surface area contributed by atoms with Gasteiger partial charge in [-0.25, -0.2) is 4.98 Å². The van der Waals surface area contributed by atoms with Gasteiger partial charge in [0.1, 0.15) is 11.6 Å². The predicted octanol–water partition coefficient (Wildman–Crippen LogP) is 3.80. The number of aromatic amines is 1. The van der Waals surface area contributed by atoms with E-state index in [0.29, 0.717) is 28.2 Å². The molecule has 0 unspecified atom stereocenters. The number of carbonyl (C=O) groups excluding carboxylic acids is 1. The minimum absolute atomic E-state index is 0.282. The Morgan fingerprint density at radius 1 is 1.26 bits per heavy atom. The van der Waals surface area contributed by atoms with Crippen molar-refractivity contribution in [2.24, 2.45) is 0 Å². The average Bonchev–Trinajstić information content (AvgIpc) is 3.05. The highest BCUT2D eigenvalue weighted by atomic mass is 35.5. The molecule has 0 saturated carbocycles. The van der Waals surface area contributed by atoms with Crippen LogP contribution in [0, 0.1) is 0 Å². The van der Waals surface area contributed by atoms with Gasteiger partial charge in [0.2, 0.25) is 5.91 Å². The first-order valence-corrected chi connectivity index (χ1v) is 8.99. The lowest BCUT2D eigenvalue weighted by molar-refractivity contribution is -0.116. The van der Waals surface area contributed by atoms with Gasteiger partial charge >= 0.3 is 0 Å². The monoisotopic (exact) mass is 404 g/mol. The van der Waals surface area contributed by atoms with Gasteiger partial charge in [0, 0.05) is 23.2 Å². The number of H-pyrrole nitrogens is 1. The van der Waals surface area contributed by atoms with Crippen LogP contribution in [-0.2, 0) is 17.9 Å². The molecule has 3 aromatic rings. The van der Waals surface area contributed by atoms with Crippen molar-refractivity contribution in [3.05, 3.63) is 70.2 Å². The van der Waals surface area contributed by atoms with E-state index >= 15 is 0 Å². The van der Waals surface area contributed by atoms with Crippen LogP contribution in [-0.4, -0.2) is 22.9 Å². The Hall–Kier alpha value is -2.54. The summed E-state index contributed by atoms with van der Waals surface area (Å²) in [4.78, 5) is 19.5. The number of rotatable bonds is 7. The van der Waals surface area contributed by atoms with Crippen molar-refractivity contribution < 1.29 is 9.53 Å². The molecule has 8 heteroatoms. The summed E-state index contributed by atoms with van der Waals surface area (Å²) in [5.74, 6) is 0.823. The Bertz CT molecular complexity index is 952. The van der Waals surface area contributed by atoms with E-state index in [0.717, 1.165) is 16.6 Å². The second-order valence-electron chi connectivity index (χ2n) is 5.75. The largest absolute Gasteiger partial charge is 0.463 e. The molecular weight excluding hydrogens is 387 g/mol. The van der Waals surface area contributed by atoms with Gasteiger partial charge in [0.15, 0.2) is 0 Å². The number of para-hydroxylation sites is 2. The van der Waals surface area contributed by atoms with Crippen molar-refractivity contribution in [2.45, 2.75) is 13.1 Å². The van der Waals surface area contributed by atoms with Crippen molar-refractivity contribution in [2.75, 3.05) is 7.05 Å². The quantitative estimate of drug-likeness (QED) is 0.413. The topological polar surface area (TPSA) is 79.0 Å². The lowest BCUT2D eigenvalue weighted by Gasteiger charge is -2.10. The number of benzene rings is 2. The van der Waals surface area contributed by atoms with Crippen LogP contribution >= 0.6 is 23.2 Å². The minimum atomic E-state index is -0.310. The van der Waals surface area contributed by atoms with Gasteiger partial charge in [-0.15, -0.1) is 0 Å². The lowest BCUT2D eigenvalue weighted by Crippen LogP contribution is -2.21. The molecule has 0 spiro atoms. The van der Waals surface area contributed by atoms with Crippen LogP contribution in [0.2, 0.25) is 10.0 Å². The maximum absolute atomic E-state index is 12.0. The molecule has 0 saturated heterocycles. The molecule has 0 bridgehead atoms. The molecule has 6 nitrogen and oxygen atoms in total. The number of fused-ring (bicyclic) bond motifs is 1. The van der Waals surface area contributed by atoms with Crippen molar-refractivity contribution in [3.8, 4) is 5.75 Å². The Morgan fingerprint density at radius 2 is 2.07 bits per heavy atom. The van der Waals surface area contributed by atoms with Crippen LogP contribution < -0.4 is 15.4 Å². The van der Waals surface area contributed by atoms with E-state index in [1.807, 2.05) is 24.3 Å². The summed E-state index contributed by atoms with van der Waals surface area (Å²) >= 11 is 12.2. The van der Waals surface area contributed by atoms with E-state index in [2.05, 4.69) is 20.6 Å². The average molecular weight is 405 g/mol. The van der Waals surface area contributed by atoms with E-state index in [-0.39, 0.29) is 12.5 Å². The Labute approximate surface area is 166 Å². The summed E-state index contributed by atoms with van der Waals surface area (Å²) in [5, 5.41) is 6.65. The molecule has 0 aliphatic heterocycles. The summed E-state index contributed by atoms with van der Waals surface area (Å²) in [6.45, 7) is 0.812. The normalized spacial score (nSPS) is 11.2. The van der Waals surface area contributed by atoms with Crippen LogP contribution in [0.5, 0.6) is 5.75 Å². The number of carbonyl (C=O) groups is 1. The summed E-state index contributed by atoms with van der Waals surface area (Å²) < 4.78 is 5.55. The minimum Gasteiger partial charge on any atom is -0.463 e. The van der Waals surface area contributed by atoms with Crippen LogP contribution in [0.3, 0.4) is 0 Å². The fraction of sp³-hybridized carbons (Fsp3) is 0.158. The standard InChI is InChI=1S/C19H18Cl2N4O2/c1-22-10-12-8-13(20)9-14(21)19(12)27-7-6-18(26)23-11-17-24-15-4-2-3-5-16(15)25-17/h2-9,22H,10-11H2,1H3,(H,23,26)(H,24,25)/b7-6+. The highest BCUT2D eigenvalue weighted by molar-refractivity contribution is 6.35. The maximum atomic E-state index is 12.0. The number of hydrogen-bond donors (Lipinski definition) is 3. The number of nitrogens with zero attached hydrogens (tertiary/aromatic N) is 1. The number of hydrogen-bond acceptors (Lipinski definition) is 4. The molecule has 1 heterocycles. The molecule has 1 aromatic heterocycles. The lowest BCUT2D eigenvalue weighted by atomic mass is 10.2. The third kappa shape index (κ3) is 5.01. The molecular formula is C19H18Cl2N4O2. The Balaban J connectivity index is 1.59. The van der Waals surface area contributed by atoms with Gasteiger partial charge in [-0.3, -0.25) is 4.79 Å². The molecule has 140 valence electrons. The molecule has 2 aromatic carbocycles. The molecule has 0 atom stereocenters. The highest BCUT2D eigenvalue weighted by Crippen LogP contribution is 2.32. The zero-order valence-corrected chi connectivity index (χ0v) is 16.1.